The third-order valence-electron chi connectivity index (χ3n) is 4.34. The maximum Gasteiger partial charge on any atom is 0.299 e. The van der Waals surface area contributed by atoms with Gasteiger partial charge >= 0.3 is 0 Å². The number of halogens is 1. The van der Waals surface area contributed by atoms with Crippen molar-refractivity contribution in [1.82, 2.24) is 0 Å². The number of hydrogen-bond donors (Lipinski definition) is 3. The molecule has 1 fully saturated rings. The molecule has 1 aromatic carbocycles. The average Bonchev–Trinajstić information content (AvgIpc) is 2.91. The van der Waals surface area contributed by atoms with Crippen molar-refractivity contribution < 1.29 is 17.9 Å². The lowest BCUT2D eigenvalue weighted by atomic mass is 9.90. The molecule has 5 N–H and O–H groups in total. The van der Waals surface area contributed by atoms with E-state index in [-0.39, 0.29) is 18.3 Å². The summed E-state index contributed by atoms with van der Waals surface area (Å²) in [6, 6.07) is 5.16. The molecule has 2 aliphatic rings. The number of fused-ring (bicyclic) bond motifs is 1. The van der Waals surface area contributed by atoms with E-state index in [1.54, 1.807) is 18.2 Å². The standard InChI is InChI=1S/C14H20N4O4S.ClH/c15-14(4-7-22-8-5-14)13(19)17-11-2-1-10-3-6-18(12(10)9-11)23(16,20)21;/h1-2,9H,3-8,15H2,(H,17,19)(H2,16,20,21);1H. The summed E-state index contributed by atoms with van der Waals surface area (Å²) in [5, 5.41) is 7.99. The van der Waals surface area contributed by atoms with E-state index in [0.717, 1.165) is 9.87 Å². The summed E-state index contributed by atoms with van der Waals surface area (Å²) >= 11 is 0. The number of anilines is 2. The van der Waals surface area contributed by atoms with Gasteiger partial charge in [-0.3, -0.25) is 9.10 Å². The minimum absolute atomic E-state index is 0. The summed E-state index contributed by atoms with van der Waals surface area (Å²) in [6.07, 6.45) is 1.50. The lowest BCUT2D eigenvalue weighted by molar-refractivity contribution is -0.124. The fourth-order valence-corrected chi connectivity index (χ4v) is 3.70. The van der Waals surface area contributed by atoms with Crippen molar-refractivity contribution in [3.05, 3.63) is 23.8 Å². The molecule has 134 valence electrons. The largest absolute Gasteiger partial charge is 0.381 e. The summed E-state index contributed by atoms with van der Waals surface area (Å²) in [7, 11) is -3.81. The molecule has 2 aliphatic heterocycles. The van der Waals surface area contributed by atoms with Crippen molar-refractivity contribution >= 4 is 39.9 Å². The van der Waals surface area contributed by atoms with Gasteiger partial charge in [-0.2, -0.15) is 8.42 Å². The number of nitrogens with two attached hydrogens (primary N) is 2. The van der Waals surface area contributed by atoms with Gasteiger partial charge in [0, 0.05) is 25.4 Å². The van der Waals surface area contributed by atoms with Crippen molar-refractivity contribution in [1.29, 1.82) is 0 Å². The average molecular weight is 377 g/mol. The van der Waals surface area contributed by atoms with Crippen LogP contribution in [0.2, 0.25) is 0 Å². The predicted molar refractivity (Wildman–Crippen MR) is 93.4 cm³/mol. The van der Waals surface area contributed by atoms with Crippen LogP contribution in [0.3, 0.4) is 0 Å². The van der Waals surface area contributed by atoms with E-state index in [1.165, 1.54) is 0 Å². The number of rotatable bonds is 3. The van der Waals surface area contributed by atoms with E-state index in [4.69, 9.17) is 15.6 Å². The fourth-order valence-electron chi connectivity index (χ4n) is 2.91. The van der Waals surface area contributed by atoms with Crippen LogP contribution in [0.5, 0.6) is 0 Å². The first-order valence-corrected chi connectivity index (χ1v) is 8.91. The molecule has 0 bridgehead atoms. The zero-order valence-electron chi connectivity index (χ0n) is 13.0. The Morgan fingerprint density at radius 2 is 1.96 bits per heavy atom. The molecular weight excluding hydrogens is 356 g/mol. The summed E-state index contributed by atoms with van der Waals surface area (Å²) in [5.74, 6) is -0.291. The summed E-state index contributed by atoms with van der Waals surface area (Å²) < 4.78 is 29.6. The first-order valence-electron chi connectivity index (χ1n) is 7.41. The van der Waals surface area contributed by atoms with Gasteiger partial charge in [0.05, 0.1) is 5.69 Å². The second-order valence-corrected chi connectivity index (χ2v) is 7.40. The Kier molecular flexibility index (Phi) is 5.41. The SMILES string of the molecule is Cl.NC1(C(=O)Nc2ccc3c(c2)N(S(N)(=O)=O)CC3)CCOCC1. The number of nitrogens with one attached hydrogen (secondary N) is 1. The molecule has 10 heteroatoms. The molecule has 0 atom stereocenters. The summed E-state index contributed by atoms with van der Waals surface area (Å²) in [5.41, 5.74) is 7.06. The Labute approximate surface area is 147 Å². The molecule has 0 unspecified atom stereocenters. The number of amides is 1. The van der Waals surface area contributed by atoms with Crippen LogP contribution in [-0.2, 0) is 26.2 Å². The maximum absolute atomic E-state index is 12.4. The van der Waals surface area contributed by atoms with Gasteiger partial charge in [0.1, 0.15) is 5.54 Å². The number of carbonyl (C=O) groups is 1. The molecule has 0 spiro atoms. The van der Waals surface area contributed by atoms with E-state index in [2.05, 4.69) is 5.32 Å². The van der Waals surface area contributed by atoms with Crippen LogP contribution in [-0.4, -0.2) is 39.6 Å². The minimum atomic E-state index is -3.81. The van der Waals surface area contributed by atoms with E-state index in [0.29, 0.717) is 50.4 Å². The summed E-state index contributed by atoms with van der Waals surface area (Å²) in [6.45, 7) is 1.21. The molecule has 8 nitrogen and oxygen atoms in total. The quantitative estimate of drug-likeness (QED) is 0.690. The van der Waals surface area contributed by atoms with Crippen LogP contribution in [0, 0.1) is 0 Å². The Hall–Kier alpha value is -1.39. The minimum Gasteiger partial charge on any atom is -0.381 e. The lowest BCUT2D eigenvalue weighted by Gasteiger charge is -2.31. The van der Waals surface area contributed by atoms with Gasteiger partial charge in [-0.1, -0.05) is 6.07 Å². The number of benzene rings is 1. The molecule has 3 rings (SSSR count). The fraction of sp³-hybridized carbons (Fsp3) is 0.500. The maximum atomic E-state index is 12.4. The molecule has 24 heavy (non-hydrogen) atoms. The monoisotopic (exact) mass is 376 g/mol. The normalized spacial score (nSPS) is 19.3. The first kappa shape index (κ1) is 18.9. The molecular formula is C14H21ClN4O4S. The Balaban J connectivity index is 0.00000208. The molecule has 1 amide bonds. The molecule has 2 heterocycles. The van der Waals surface area contributed by atoms with Gasteiger partial charge in [0.25, 0.3) is 10.2 Å². The number of carbonyl (C=O) groups excluding carboxylic acids is 1. The third kappa shape index (κ3) is 3.65. The summed E-state index contributed by atoms with van der Waals surface area (Å²) in [4.78, 5) is 12.4. The van der Waals surface area contributed by atoms with Crippen LogP contribution >= 0.6 is 12.4 Å². The molecule has 0 saturated carbocycles. The number of nitrogens with zero attached hydrogens (tertiary/aromatic N) is 1. The van der Waals surface area contributed by atoms with Crippen molar-refractivity contribution in [2.75, 3.05) is 29.4 Å². The first-order chi connectivity index (χ1) is 10.8. The van der Waals surface area contributed by atoms with Crippen LogP contribution in [0.4, 0.5) is 11.4 Å². The lowest BCUT2D eigenvalue weighted by Crippen LogP contribution is -2.54. The highest BCUT2D eigenvalue weighted by atomic mass is 35.5. The molecule has 1 aromatic rings. The van der Waals surface area contributed by atoms with Gasteiger partial charge in [-0.05, 0) is 37.0 Å². The van der Waals surface area contributed by atoms with Gasteiger partial charge in [0.2, 0.25) is 5.91 Å². The highest BCUT2D eigenvalue weighted by molar-refractivity contribution is 7.90. The van der Waals surface area contributed by atoms with E-state index in [9.17, 15) is 13.2 Å². The number of hydrogen-bond acceptors (Lipinski definition) is 5. The van der Waals surface area contributed by atoms with Crippen molar-refractivity contribution in [2.24, 2.45) is 10.9 Å². The smallest absolute Gasteiger partial charge is 0.299 e. The Bertz CT molecular complexity index is 734. The van der Waals surface area contributed by atoms with E-state index < -0.39 is 15.7 Å². The van der Waals surface area contributed by atoms with Crippen LogP contribution in [0.15, 0.2) is 18.2 Å². The van der Waals surface area contributed by atoms with Crippen molar-refractivity contribution in [3.63, 3.8) is 0 Å². The van der Waals surface area contributed by atoms with Crippen molar-refractivity contribution in [3.8, 4) is 0 Å². The number of ether oxygens (including phenoxy) is 1. The van der Waals surface area contributed by atoms with Crippen LogP contribution < -0.4 is 20.5 Å². The molecule has 0 radical (unpaired) electrons. The van der Waals surface area contributed by atoms with E-state index in [1.807, 2.05) is 0 Å². The predicted octanol–water partition coefficient (Wildman–Crippen LogP) is 0.121. The Morgan fingerprint density at radius 1 is 1.29 bits per heavy atom. The molecule has 0 aliphatic carbocycles. The van der Waals surface area contributed by atoms with Gasteiger partial charge in [-0.25, -0.2) is 5.14 Å². The molecule has 0 aromatic heterocycles. The zero-order valence-corrected chi connectivity index (χ0v) is 14.7. The Morgan fingerprint density at radius 3 is 2.58 bits per heavy atom. The third-order valence-corrected chi connectivity index (χ3v) is 5.33. The van der Waals surface area contributed by atoms with Crippen LogP contribution in [0.25, 0.3) is 0 Å². The zero-order chi connectivity index (χ0) is 16.7. The second-order valence-electron chi connectivity index (χ2n) is 5.93. The highest BCUT2D eigenvalue weighted by Crippen LogP contribution is 2.32. The van der Waals surface area contributed by atoms with Gasteiger partial charge in [0.15, 0.2) is 0 Å². The van der Waals surface area contributed by atoms with Crippen molar-refractivity contribution in [2.45, 2.75) is 24.8 Å². The van der Waals surface area contributed by atoms with Gasteiger partial charge < -0.3 is 15.8 Å². The topological polar surface area (TPSA) is 128 Å². The molecule has 1 saturated heterocycles. The highest BCUT2D eigenvalue weighted by Gasteiger charge is 2.36. The van der Waals surface area contributed by atoms with Gasteiger partial charge in [-0.15, -0.1) is 12.4 Å². The van der Waals surface area contributed by atoms with E-state index >= 15 is 0 Å². The second kappa shape index (κ2) is 6.85. The van der Waals surface area contributed by atoms with Crippen LogP contribution in [0.1, 0.15) is 18.4 Å².